The van der Waals surface area contributed by atoms with Crippen LogP contribution in [0.1, 0.15) is 38.4 Å². The van der Waals surface area contributed by atoms with Crippen LogP contribution in [0.3, 0.4) is 0 Å². The minimum Gasteiger partial charge on any atom is -0.481 e. The molecule has 2 rings (SSSR count). The monoisotopic (exact) mass is 396 g/mol. The van der Waals surface area contributed by atoms with Gasteiger partial charge in [-0.15, -0.1) is 11.8 Å². The van der Waals surface area contributed by atoms with E-state index in [1.807, 2.05) is 13.8 Å². The van der Waals surface area contributed by atoms with Gasteiger partial charge in [0.25, 0.3) is 0 Å². The van der Waals surface area contributed by atoms with Gasteiger partial charge in [0.15, 0.2) is 17.4 Å². The molecular formula is C19H22F2N2O3S. The molecule has 0 aliphatic heterocycles. The third-order valence-corrected chi connectivity index (χ3v) is 4.45. The zero-order chi connectivity index (χ0) is 19.8. The minimum atomic E-state index is -0.823. The van der Waals surface area contributed by atoms with Gasteiger partial charge in [0.05, 0.1) is 6.61 Å². The lowest BCUT2D eigenvalue weighted by Gasteiger charge is -2.12. The van der Waals surface area contributed by atoms with E-state index in [1.165, 1.54) is 18.0 Å². The van der Waals surface area contributed by atoms with Crippen LogP contribution in [-0.4, -0.2) is 27.8 Å². The van der Waals surface area contributed by atoms with Crippen molar-refractivity contribution in [2.24, 2.45) is 0 Å². The van der Waals surface area contributed by atoms with Crippen LogP contribution >= 0.6 is 11.8 Å². The quantitative estimate of drug-likeness (QED) is 0.464. The average Bonchev–Trinajstić information content (AvgIpc) is 2.60. The Morgan fingerprint density at radius 1 is 1.19 bits per heavy atom. The molecule has 146 valence electrons. The fourth-order valence-electron chi connectivity index (χ4n) is 2.29. The van der Waals surface area contributed by atoms with E-state index in [4.69, 9.17) is 9.47 Å². The van der Waals surface area contributed by atoms with Crippen LogP contribution in [0.15, 0.2) is 29.6 Å². The Kier molecular flexibility index (Phi) is 7.97. The van der Waals surface area contributed by atoms with E-state index < -0.39 is 23.4 Å². The van der Waals surface area contributed by atoms with Crippen molar-refractivity contribution in [3.63, 3.8) is 0 Å². The number of carbonyl (C=O) groups excluding carboxylic acids is 1. The fraction of sp³-hybridized carbons (Fsp3) is 0.421. The summed E-state index contributed by atoms with van der Waals surface area (Å²) >= 11 is 1.50. The van der Waals surface area contributed by atoms with E-state index in [-0.39, 0.29) is 31.3 Å². The van der Waals surface area contributed by atoms with E-state index in [0.29, 0.717) is 16.3 Å². The molecule has 0 unspecified atom stereocenters. The van der Waals surface area contributed by atoms with Crippen LogP contribution < -0.4 is 4.74 Å². The van der Waals surface area contributed by atoms with Crippen molar-refractivity contribution in [1.29, 1.82) is 0 Å². The van der Waals surface area contributed by atoms with Gasteiger partial charge in [0.1, 0.15) is 17.3 Å². The Balaban J connectivity index is 2.06. The Morgan fingerprint density at radius 3 is 2.48 bits per heavy atom. The van der Waals surface area contributed by atoms with Crippen molar-refractivity contribution in [1.82, 2.24) is 9.97 Å². The molecule has 1 heterocycles. The van der Waals surface area contributed by atoms with Crippen LogP contribution in [0.4, 0.5) is 8.78 Å². The number of benzene rings is 1. The van der Waals surface area contributed by atoms with Gasteiger partial charge in [-0.1, -0.05) is 13.8 Å². The highest BCUT2D eigenvalue weighted by Gasteiger charge is 2.16. The Morgan fingerprint density at radius 2 is 1.85 bits per heavy atom. The summed E-state index contributed by atoms with van der Waals surface area (Å²) in [6, 6.07) is 2.33. The summed E-state index contributed by atoms with van der Waals surface area (Å²) in [5.41, 5.74) is 0.877. The Labute approximate surface area is 161 Å². The van der Waals surface area contributed by atoms with Gasteiger partial charge >= 0.3 is 5.97 Å². The smallest absolute Gasteiger partial charge is 0.306 e. The zero-order valence-electron chi connectivity index (χ0n) is 15.5. The molecule has 0 fully saturated rings. The lowest BCUT2D eigenvalue weighted by atomic mass is 10.1. The first-order valence-electron chi connectivity index (χ1n) is 8.63. The molecule has 0 radical (unpaired) electrons. The lowest BCUT2D eigenvalue weighted by molar-refractivity contribution is -0.143. The molecule has 0 saturated carbocycles. The van der Waals surface area contributed by atoms with E-state index >= 15 is 0 Å². The van der Waals surface area contributed by atoms with Gasteiger partial charge < -0.3 is 9.47 Å². The van der Waals surface area contributed by atoms with Crippen LogP contribution in [0.25, 0.3) is 0 Å². The van der Waals surface area contributed by atoms with Crippen molar-refractivity contribution in [3.05, 3.63) is 47.4 Å². The van der Waals surface area contributed by atoms with Crippen molar-refractivity contribution in [2.75, 3.05) is 6.61 Å². The summed E-state index contributed by atoms with van der Waals surface area (Å²) in [4.78, 5) is 19.8. The average molecular weight is 396 g/mol. The Bertz CT molecular complexity index is 764. The summed E-state index contributed by atoms with van der Waals surface area (Å²) < 4.78 is 38.7. The number of thioether (sulfide) groups is 1. The summed E-state index contributed by atoms with van der Waals surface area (Å²) in [6.45, 7) is 5.90. The van der Waals surface area contributed by atoms with Crippen LogP contribution in [0.2, 0.25) is 0 Å². The molecule has 0 atom stereocenters. The third kappa shape index (κ3) is 6.46. The molecule has 0 spiro atoms. The summed E-state index contributed by atoms with van der Waals surface area (Å²) in [6.07, 6.45) is 3.32. The maximum atomic E-state index is 14.3. The van der Waals surface area contributed by atoms with Gasteiger partial charge in [-0.2, -0.15) is 0 Å². The highest BCUT2D eigenvalue weighted by molar-refractivity contribution is 7.99. The van der Waals surface area contributed by atoms with Crippen molar-refractivity contribution in [2.45, 2.75) is 50.5 Å². The second-order valence-corrected chi connectivity index (χ2v) is 7.52. The molecular weight excluding hydrogens is 374 g/mol. The number of hydrogen-bond acceptors (Lipinski definition) is 6. The highest BCUT2D eigenvalue weighted by Crippen LogP contribution is 2.27. The lowest BCUT2D eigenvalue weighted by Crippen LogP contribution is -2.07. The molecule has 5 nitrogen and oxygen atoms in total. The first kappa shape index (κ1) is 21.1. The predicted octanol–water partition coefficient (Wildman–Crippen LogP) is 4.33. The molecule has 1 aromatic heterocycles. The molecule has 0 amide bonds. The normalized spacial score (nSPS) is 10.9. The van der Waals surface area contributed by atoms with Gasteiger partial charge in [0, 0.05) is 24.1 Å². The summed E-state index contributed by atoms with van der Waals surface area (Å²) in [7, 11) is 0. The van der Waals surface area contributed by atoms with Crippen molar-refractivity contribution in [3.8, 4) is 5.75 Å². The molecule has 0 N–H and O–H groups in total. The fourth-order valence-corrected chi connectivity index (χ4v) is 3.11. The van der Waals surface area contributed by atoms with Crippen molar-refractivity contribution >= 4 is 17.7 Å². The minimum absolute atomic E-state index is 0.0579. The molecule has 0 aliphatic carbocycles. The van der Waals surface area contributed by atoms with Crippen LogP contribution in [0.5, 0.6) is 5.75 Å². The summed E-state index contributed by atoms with van der Waals surface area (Å²) in [5, 5.41) is 0.951. The number of aryl methyl sites for hydroxylation is 1. The van der Waals surface area contributed by atoms with Gasteiger partial charge in [-0.05, 0) is 31.0 Å². The van der Waals surface area contributed by atoms with E-state index in [2.05, 4.69) is 9.97 Å². The number of esters is 1. The zero-order valence-corrected chi connectivity index (χ0v) is 16.3. The summed E-state index contributed by atoms with van der Waals surface area (Å²) in [5.74, 6) is -2.52. The van der Waals surface area contributed by atoms with E-state index in [1.54, 1.807) is 13.1 Å². The second-order valence-electron chi connectivity index (χ2n) is 5.96. The standard InChI is InChI=1S/C19H22F2N2O3S/c1-4-25-17(24)6-5-13-9-14(20)18(15(21)10-13)26-11-16-19(27-12(2)3)23-8-7-22-16/h7-10,12H,4-6,11H2,1-3H3. The molecule has 27 heavy (non-hydrogen) atoms. The molecule has 1 aromatic carbocycles. The molecule has 8 heteroatoms. The number of ether oxygens (including phenoxy) is 2. The molecule has 2 aromatic rings. The largest absolute Gasteiger partial charge is 0.481 e. The number of aromatic nitrogens is 2. The van der Waals surface area contributed by atoms with E-state index in [0.717, 1.165) is 12.1 Å². The number of rotatable bonds is 9. The maximum Gasteiger partial charge on any atom is 0.306 e. The predicted molar refractivity (Wildman–Crippen MR) is 98.7 cm³/mol. The second kappa shape index (κ2) is 10.2. The highest BCUT2D eigenvalue weighted by atomic mass is 32.2. The number of hydrogen-bond donors (Lipinski definition) is 0. The van der Waals surface area contributed by atoms with Gasteiger partial charge in [-0.25, -0.2) is 13.8 Å². The van der Waals surface area contributed by atoms with Gasteiger partial charge in [0.2, 0.25) is 0 Å². The number of halogens is 2. The third-order valence-electron chi connectivity index (χ3n) is 3.42. The van der Waals surface area contributed by atoms with Crippen LogP contribution in [0, 0.1) is 11.6 Å². The maximum absolute atomic E-state index is 14.3. The SMILES string of the molecule is CCOC(=O)CCc1cc(F)c(OCc2nccnc2SC(C)C)c(F)c1. The van der Waals surface area contributed by atoms with Crippen LogP contribution in [-0.2, 0) is 22.6 Å². The molecule has 0 bridgehead atoms. The Hall–Kier alpha value is -2.22. The topological polar surface area (TPSA) is 61.3 Å². The molecule has 0 saturated heterocycles. The first-order chi connectivity index (χ1) is 12.9. The van der Waals surface area contributed by atoms with E-state index in [9.17, 15) is 13.6 Å². The number of nitrogens with zero attached hydrogens (tertiary/aromatic N) is 2. The first-order valence-corrected chi connectivity index (χ1v) is 9.51. The molecule has 0 aliphatic rings. The van der Waals surface area contributed by atoms with Crippen molar-refractivity contribution < 1.29 is 23.0 Å². The van der Waals surface area contributed by atoms with Gasteiger partial charge in [-0.3, -0.25) is 9.78 Å². The number of carbonyl (C=O) groups is 1.